The average molecular weight is 381 g/mol. The van der Waals surface area contributed by atoms with Crippen LogP contribution >= 0.6 is 0 Å². The zero-order chi connectivity index (χ0) is 20.9. The molecule has 2 heterocycles. The Balaban J connectivity index is 0.00000136. The molecule has 1 unspecified atom stereocenters. The van der Waals surface area contributed by atoms with E-state index in [2.05, 4.69) is 25.1 Å². The quantitative estimate of drug-likeness (QED) is 0.712. The summed E-state index contributed by atoms with van der Waals surface area (Å²) in [5.41, 5.74) is 0.843. The minimum Gasteiger partial charge on any atom is -0.507 e. The van der Waals surface area contributed by atoms with Gasteiger partial charge in [0.1, 0.15) is 11.4 Å². The molecule has 0 saturated heterocycles. The Morgan fingerprint density at radius 3 is 2.29 bits per heavy atom. The van der Waals surface area contributed by atoms with E-state index in [1.807, 2.05) is 20.8 Å². The largest absolute Gasteiger partial charge is 0.507 e. The second kappa shape index (κ2) is 8.67. The molecule has 2 aliphatic rings. The van der Waals surface area contributed by atoms with E-state index < -0.39 is 5.60 Å². The minimum atomic E-state index is -1.66. The summed E-state index contributed by atoms with van der Waals surface area (Å²) in [7, 11) is 0. The van der Waals surface area contributed by atoms with Crippen molar-refractivity contribution < 1.29 is 19.7 Å². The maximum Gasteiger partial charge on any atom is 0.231 e. The molecule has 28 heavy (non-hydrogen) atoms. The molecule has 1 aromatic carbocycles. The van der Waals surface area contributed by atoms with E-state index in [0.717, 1.165) is 0 Å². The standard InChI is InChI=1S/C21H21NO4.C2H6/c1-5-9-17-14(7-3)21(24,13(6-2)16(8-4)22-17)15-10-19-20(11-18(15)23)26-12-25-19;1-2/h5-11,22-24H,1-2,4,12H2,3H3;1-2H3/b14-7+,17-9+;. The molecule has 148 valence electrons. The molecule has 0 radical (unpaired) electrons. The van der Waals surface area contributed by atoms with E-state index in [-0.39, 0.29) is 18.1 Å². The first kappa shape index (κ1) is 21.1. The van der Waals surface area contributed by atoms with Crippen LogP contribution in [0, 0.1) is 0 Å². The summed E-state index contributed by atoms with van der Waals surface area (Å²) in [6.07, 6.45) is 8.27. The van der Waals surface area contributed by atoms with Gasteiger partial charge in [-0.15, -0.1) is 0 Å². The third kappa shape index (κ3) is 3.25. The Morgan fingerprint density at radius 1 is 1.11 bits per heavy atom. The fourth-order valence-electron chi connectivity index (χ4n) is 3.36. The fourth-order valence-corrected chi connectivity index (χ4v) is 3.36. The van der Waals surface area contributed by atoms with Crippen LogP contribution in [-0.4, -0.2) is 17.0 Å². The molecule has 1 atom stereocenters. The van der Waals surface area contributed by atoms with Gasteiger partial charge >= 0.3 is 0 Å². The number of phenolic OH excluding ortho intramolecular Hbond substituents is 1. The molecule has 0 amide bonds. The predicted octanol–water partition coefficient (Wildman–Crippen LogP) is 4.58. The van der Waals surface area contributed by atoms with Crippen molar-refractivity contribution in [3.8, 4) is 17.2 Å². The van der Waals surface area contributed by atoms with Crippen molar-refractivity contribution in [3.63, 3.8) is 0 Å². The van der Waals surface area contributed by atoms with Crippen LogP contribution in [0.25, 0.3) is 0 Å². The van der Waals surface area contributed by atoms with Crippen LogP contribution in [0.3, 0.4) is 0 Å². The first-order valence-corrected chi connectivity index (χ1v) is 9.13. The van der Waals surface area contributed by atoms with Crippen molar-refractivity contribution in [2.24, 2.45) is 0 Å². The van der Waals surface area contributed by atoms with Gasteiger partial charge in [0.15, 0.2) is 11.5 Å². The Hall–Kier alpha value is -3.18. The van der Waals surface area contributed by atoms with Crippen LogP contribution in [-0.2, 0) is 5.60 Å². The Bertz CT molecular complexity index is 892. The number of aromatic hydroxyl groups is 1. The highest BCUT2D eigenvalue weighted by Crippen LogP contribution is 2.50. The second-order valence-electron chi connectivity index (χ2n) is 5.81. The summed E-state index contributed by atoms with van der Waals surface area (Å²) in [5, 5.41) is 25.7. The summed E-state index contributed by atoms with van der Waals surface area (Å²) in [6, 6.07) is 3.03. The van der Waals surface area contributed by atoms with Gasteiger partial charge in [0.2, 0.25) is 6.79 Å². The number of hydrogen-bond donors (Lipinski definition) is 3. The first-order valence-electron chi connectivity index (χ1n) is 9.13. The van der Waals surface area contributed by atoms with E-state index in [1.54, 1.807) is 36.4 Å². The number of nitrogens with one attached hydrogen (secondary N) is 1. The number of allylic oxidation sites excluding steroid dienone is 4. The monoisotopic (exact) mass is 381 g/mol. The number of ether oxygens (including phenoxy) is 2. The van der Waals surface area contributed by atoms with Gasteiger partial charge in [-0.05, 0) is 25.1 Å². The Labute approximate surface area is 166 Å². The zero-order valence-electron chi connectivity index (χ0n) is 16.6. The predicted molar refractivity (Wildman–Crippen MR) is 112 cm³/mol. The van der Waals surface area contributed by atoms with E-state index in [0.29, 0.717) is 34.0 Å². The van der Waals surface area contributed by atoms with Crippen LogP contribution in [0.15, 0.2) is 84.8 Å². The number of rotatable bonds is 4. The summed E-state index contributed by atoms with van der Waals surface area (Å²) in [4.78, 5) is 0. The second-order valence-corrected chi connectivity index (χ2v) is 5.81. The third-order valence-electron chi connectivity index (χ3n) is 4.49. The molecule has 0 fully saturated rings. The van der Waals surface area contributed by atoms with Crippen molar-refractivity contribution in [2.75, 3.05) is 6.79 Å². The normalized spacial score (nSPS) is 23.0. The van der Waals surface area contributed by atoms with E-state index in [1.165, 1.54) is 6.07 Å². The lowest BCUT2D eigenvalue weighted by molar-refractivity contribution is 0.113. The summed E-state index contributed by atoms with van der Waals surface area (Å²) >= 11 is 0. The first-order chi connectivity index (χ1) is 13.5. The third-order valence-corrected chi connectivity index (χ3v) is 4.49. The van der Waals surface area contributed by atoms with Gasteiger partial charge in [-0.25, -0.2) is 0 Å². The topological polar surface area (TPSA) is 71.0 Å². The van der Waals surface area contributed by atoms with E-state index in [9.17, 15) is 10.2 Å². The molecular weight excluding hydrogens is 354 g/mol. The fraction of sp³-hybridized carbons (Fsp3) is 0.217. The maximum atomic E-state index is 11.9. The smallest absolute Gasteiger partial charge is 0.231 e. The number of benzene rings is 1. The SMILES string of the molecule is C=C/C=C1/NC(C=C)=C(C=C)C(O)(c2cc3c(cc2O)OCO3)/C1=C/C.CC. The lowest BCUT2D eigenvalue weighted by atomic mass is 9.74. The van der Waals surface area contributed by atoms with Crippen molar-refractivity contribution in [3.05, 3.63) is 90.4 Å². The molecule has 0 spiro atoms. The van der Waals surface area contributed by atoms with Crippen LogP contribution in [0.2, 0.25) is 0 Å². The molecule has 3 N–H and O–H groups in total. The summed E-state index contributed by atoms with van der Waals surface area (Å²) in [5.74, 6) is 0.775. The highest BCUT2D eigenvalue weighted by molar-refractivity contribution is 5.65. The van der Waals surface area contributed by atoms with Gasteiger partial charge < -0.3 is 25.0 Å². The van der Waals surface area contributed by atoms with Gasteiger partial charge in [-0.3, -0.25) is 0 Å². The highest BCUT2D eigenvalue weighted by Gasteiger charge is 2.45. The van der Waals surface area contributed by atoms with E-state index >= 15 is 0 Å². The molecule has 2 aliphatic heterocycles. The van der Waals surface area contributed by atoms with E-state index in [4.69, 9.17) is 9.47 Å². The molecule has 0 bridgehead atoms. The molecule has 0 saturated carbocycles. The van der Waals surface area contributed by atoms with Gasteiger partial charge in [0.05, 0.1) is 0 Å². The minimum absolute atomic E-state index is 0.0678. The van der Waals surface area contributed by atoms with Gasteiger partial charge in [0.25, 0.3) is 0 Å². The van der Waals surface area contributed by atoms with Crippen LogP contribution in [0.4, 0.5) is 0 Å². The van der Waals surface area contributed by atoms with Gasteiger partial charge in [-0.2, -0.15) is 0 Å². The van der Waals surface area contributed by atoms with Crippen LogP contribution in [0.1, 0.15) is 26.3 Å². The summed E-state index contributed by atoms with van der Waals surface area (Å²) in [6.45, 7) is 17.2. The van der Waals surface area contributed by atoms with Gasteiger partial charge in [-0.1, -0.05) is 51.8 Å². The van der Waals surface area contributed by atoms with Crippen molar-refractivity contribution in [2.45, 2.75) is 26.4 Å². The zero-order valence-corrected chi connectivity index (χ0v) is 16.6. The Kier molecular flexibility index (Phi) is 6.54. The number of aliphatic hydroxyl groups is 1. The van der Waals surface area contributed by atoms with Crippen molar-refractivity contribution in [1.29, 1.82) is 0 Å². The lowest BCUT2D eigenvalue weighted by Crippen LogP contribution is -2.40. The number of hydrogen-bond acceptors (Lipinski definition) is 5. The lowest BCUT2D eigenvalue weighted by Gasteiger charge is -2.40. The highest BCUT2D eigenvalue weighted by atomic mass is 16.7. The molecule has 0 aromatic heterocycles. The van der Waals surface area contributed by atoms with Gasteiger partial charge in [0, 0.05) is 34.2 Å². The number of phenols is 1. The van der Waals surface area contributed by atoms with Crippen molar-refractivity contribution in [1.82, 2.24) is 5.32 Å². The molecule has 3 rings (SSSR count). The molecule has 5 heteroatoms. The van der Waals surface area contributed by atoms with Crippen LogP contribution in [0.5, 0.6) is 17.2 Å². The molecular formula is C23H27NO4. The summed E-state index contributed by atoms with van der Waals surface area (Å²) < 4.78 is 10.7. The maximum absolute atomic E-state index is 11.9. The molecule has 0 aliphatic carbocycles. The van der Waals surface area contributed by atoms with Crippen LogP contribution < -0.4 is 14.8 Å². The molecule has 5 nitrogen and oxygen atoms in total. The number of fused-ring (bicyclic) bond motifs is 1. The average Bonchev–Trinajstić information content (AvgIpc) is 3.16. The molecule has 1 aromatic rings. The van der Waals surface area contributed by atoms with Crippen molar-refractivity contribution >= 4 is 0 Å². The Morgan fingerprint density at radius 2 is 1.75 bits per heavy atom.